The number of ether oxygens (including phenoxy) is 2. The van der Waals surface area contributed by atoms with E-state index < -0.39 is 0 Å². The second kappa shape index (κ2) is 7.58. The van der Waals surface area contributed by atoms with E-state index in [9.17, 15) is 4.79 Å². The van der Waals surface area contributed by atoms with Crippen LogP contribution < -0.4 is 14.8 Å². The second-order valence-electron chi connectivity index (χ2n) is 4.26. The molecule has 2 aromatic rings. The molecule has 0 saturated carbocycles. The maximum Gasteiger partial charge on any atom is 0.262 e. The quantitative estimate of drug-likeness (QED) is 0.842. The van der Waals surface area contributed by atoms with Gasteiger partial charge in [0.2, 0.25) is 0 Å². The molecule has 7 heteroatoms. The van der Waals surface area contributed by atoms with Gasteiger partial charge in [-0.25, -0.2) is 0 Å². The molecule has 0 fully saturated rings. The first kappa shape index (κ1) is 16.7. The number of hydrogen-bond donors (Lipinski definition) is 1. The summed E-state index contributed by atoms with van der Waals surface area (Å²) in [5.74, 6) is 0.508. The topological polar surface area (TPSA) is 47.6 Å². The molecule has 2 rings (SSSR count). The van der Waals surface area contributed by atoms with E-state index in [0.29, 0.717) is 32.3 Å². The van der Waals surface area contributed by atoms with Crippen molar-refractivity contribution in [1.29, 1.82) is 0 Å². The van der Waals surface area contributed by atoms with Crippen LogP contribution in [0.5, 0.6) is 11.5 Å². The molecule has 0 saturated heterocycles. The van der Waals surface area contributed by atoms with Crippen molar-refractivity contribution in [3.05, 3.63) is 51.5 Å². The van der Waals surface area contributed by atoms with Gasteiger partial charge in [-0.05, 0) is 36.4 Å². The molecule has 22 heavy (non-hydrogen) atoms. The number of amides is 1. The number of nitrogens with one attached hydrogen (secondary N) is 1. The molecule has 0 aromatic heterocycles. The highest BCUT2D eigenvalue weighted by Crippen LogP contribution is 2.29. The molecule has 0 heterocycles. The number of anilines is 1. The fraction of sp³-hybridized carbons (Fsp3) is 0.133. The number of methoxy groups -OCH3 is 1. The fourth-order valence-electron chi connectivity index (χ4n) is 1.70. The fourth-order valence-corrected chi connectivity index (χ4v) is 2.33. The molecule has 1 N–H and O–H groups in total. The van der Waals surface area contributed by atoms with Crippen LogP contribution in [0.25, 0.3) is 0 Å². The van der Waals surface area contributed by atoms with Crippen molar-refractivity contribution in [3.8, 4) is 11.5 Å². The Labute approximate surface area is 142 Å². The highest BCUT2D eigenvalue weighted by Gasteiger charge is 2.10. The van der Waals surface area contributed by atoms with Crippen molar-refractivity contribution in [1.82, 2.24) is 0 Å². The lowest BCUT2D eigenvalue weighted by Gasteiger charge is -2.12. The predicted molar refractivity (Wildman–Crippen MR) is 88.6 cm³/mol. The molecule has 116 valence electrons. The van der Waals surface area contributed by atoms with Gasteiger partial charge >= 0.3 is 0 Å². The summed E-state index contributed by atoms with van der Waals surface area (Å²) in [6.45, 7) is -0.211. The zero-order valence-corrected chi connectivity index (χ0v) is 13.8. The number of carbonyl (C=O) groups is 1. The molecule has 0 radical (unpaired) electrons. The Morgan fingerprint density at radius 1 is 1.05 bits per heavy atom. The van der Waals surface area contributed by atoms with E-state index in [0.717, 1.165) is 0 Å². The van der Waals surface area contributed by atoms with Crippen LogP contribution in [0, 0.1) is 0 Å². The lowest BCUT2D eigenvalue weighted by molar-refractivity contribution is -0.118. The second-order valence-corrected chi connectivity index (χ2v) is 5.54. The standard InChI is InChI=1S/C15H12Cl3NO3/c1-21-14-5-3-10(17)7-12(14)19-15(20)8-22-13-4-2-9(16)6-11(13)18/h2-7H,8H2,1H3,(H,19,20). The normalized spacial score (nSPS) is 10.2. The van der Waals surface area contributed by atoms with E-state index in [1.165, 1.54) is 13.2 Å². The van der Waals surface area contributed by atoms with Gasteiger partial charge in [0, 0.05) is 10.0 Å². The Bertz CT molecular complexity index is 692. The van der Waals surface area contributed by atoms with Crippen LogP contribution in [-0.4, -0.2) is 19.6 Å². The highest BCUT2D eigenvalue weighted by molar-refractivity contribution is 6.35. The van der Waals surface area contributed by atoms with Gasteiger partial charge in [-0.2, -0.15) is 0 Å². The van der Waals surface area contributed by atoms with Gasteiger partial charge in [0.1, 0.15) is 11.5 Å². The van der Waals surface area contributed by atoms with Gasteiger partial charge in [-0.1, -0.05) is 34.8 Å². The molecule has 0 spiro atoms. The van der Waals surface area contributed by atoms with Crippen LogP contribution in [0.4, 0.5) is 5.69 Å². The summed E-state index contributed by atoms with van der Waals surface area (Å²) in [7, 11) is 1.50. The third kappa shape index (κ3) is 4.44. The number of hydrogen-bond acceptors (Lipinski definition) is 3. The zero-order valence-electron chi connectivity index (χ0n) is 11.5. The number of carbonyl (C=O) groups excluding carboxylic acids is 1. The van der Waals surface area contributed by atoms with E-state index >= 15 is 0 Å². The number of rotatable bonds is 5. The van der Waals surface area contributed by atoms with Crippen molar-refractivity contribution >= 4 is 46.4 Å². The van der Waals surface area contributed by atoms with Crippen LogP contribution in [-0.2, 0) is 4.79 Å². The molecule has 0 unspecified atom stereocenters. The van der Waals surface area contributed by atoms with E-state index in [4.69, 9.17) is 44.3 Å². The molecule has 4 nitrogen and oxygen atoms in total. The largest absolute Gasteiger partial charge is 0.495 e. The summed E-state index contributed by atoms with van der Waals surface area (Å²) in [6, 6.07) is 9.68. The van der Waals surface area contributed by atoms with Gasteiger partial charge < -0.3 is 14.8 Å². The van der Waals surface area contributed by atoms with Crippen molar-refractivity contribution in [2.45, 2.75) is 0 Å². The molecule has 0 atom stereocenters. The first-order valence-electron chi connectivity index (χ1n) is 6.21. The maximum absolute atomic E-state index is 11.9. The molecule has 0 aliphatic rings. The summed E-state index contributed by atoms with van der Waals surface area (Å²) in [4.78, 5) is 11.9. The SMILES string of the molecule is COc1ccc(Cl)cc1NC(=O)COc1ccc(Cl)cc1Cl. The average Bonchev–Trinajstić information content (AvgIpc) is 2.46. The smallest absolute Gasteiger partial charge is 0.262 e. The average molecular weight is 361 g/mol. The third-order valence-electron chi connectivity index (χ3n) is 2.69. The van der Waals surface area contributed by atoms with Gasteiger partial charge in [-0.3, -0.25) is 4.79 Å². The number of halogens is 3. The highest BCUT2D eigenvalue weighted by atomic mass is 35.5. The minimum absolute atomic E-state index is 0.211. The van der Waals surface area contributed by atoms with Crippen molar-refractivity contribution in [3.63, 3.8) is 0 Å². The van der Waals surface area contributed by atoms with Crippen molar-refractivity contribution < 1.29 is 14.3 Å². The van der Waals surface area contributed by atoms with E-state index in [-0.39, 0.29) is 12.5 Å². The zero-order chi connectivity index (χ0) is 16.1. The van der Waals surface area contributed by atoms with Crippen molar-refractivity contribution in [2.24, 2.45) is 0 Å². The van der Waals surface area contributed by atoms with Gasteiger partial charge in [-0.15, -0.1) is 0 Å². The van der Waals surface area contributed by atoms with Crippen LogP contribution in [0.15, 0.2) is 36.4 Å². The minimum atomic E-state index is -0.369. The van der Waals surface area contributed by atoms with Crippen LogP contribution in [0.1, 0.15) is 0 Å². The Hall–Kier alpha value is -1.62. The van der Waals surface area contributed by atoms with E-state index in [1.54, 1.807) is 30.3 Å². The first-order chi connectivity index (χ1) is 10.5. The summed E-state index contributed by atoms with van der Waals surface area (Å²) >= 11 is 17.7. The first-order valence-corrected chi connectivity index (χ1v) is 7.34. The van der Waals surface area contributed by atoms with Crippen molar-refractivity contribution in [2.75, 3.05) is 19.0 Å². The Kier molecular flexibility index (Phi) is 5.77. The number of benzene rings is 2. The summed E-state index contributed by atoms with van der Waals surface area (Å²) in [5, 5.41) is 3.97. The molecule has 0 aliphatic heterocycles. The van der Waals surface area contributed by atoms with E-state index in [1.807, 2.05) is 0 Å². The Balaban J connectivity index is 2.00. The van der Waals surface area contributed by atoms with Gasteiger partial charge in [0.05, 0.1) is 17.8 Å². The predicted octanol–water partition coefficient (Wildman–Crippen LogP) is 4.67. The van der Waals surface area contributed by atoms with Gasteiger partial charge in [0.15, 0.2) is 6.61 Å². The Morgan fingerprint density at radius 2 is 1.68 bits per heavy atom. The maximum atomic E-state index is 11.9. The monoisotopic (exact) mass is 359 g/mol. The molecule has 1 amide bonds. The van der Waals surface area contributed by atoms with Crippen LogP contribution in [0.3, 0.4) is 0 Å². The molecular weight excluding hydrogens is 349 g/mol. The summed E-state index contributed by atoms with van der Waals surface area (Å²) in [6.07, 6.45) is 0. The Morgan fingerprint density at radius 3 is 2.32 bits per heavy atom. The van der Waals surface area contributed by atoms with E-state index in [2.05, 4.69) is 5.32 Å². The third-order valence-corrected chi connectivity index (χ3v) is 3.45. The lowest BCUT2D eigenvalue weighted by Crippen LogP contribution is -2.20. The van der Waals surface area contributed by atoms with Crippen LogP contribution >= 0.6 is 34.8 Å². The molecular formula is C15H12Cl3NO3. The summed E-state index contributed by atoms with van der Waals surface area (Å²) < 4.78 is 10.5. The lowest BCUT2D eigenvalue weighted by atomic mass is 10.3. The van der Waals surface area contributed by atoms with Gasteiger partial charge in [0.25, 0.3) is 5.91 Å². The summed E-state index contributed by atoms with van der Waals surface area (Å²) in [5.41, 5.74) is 0.464. The molecule has 2 aromatic carbocycles. The minimum Gasteiger partial charge on any atom is -0.495 e. The molecule has 0 aliphatic carbocycles. The molecule has 0 bridgehead atoms. The van der Waals surface area contributed by atoms with Crippen LogP contribution in [0.2, 0.25) is 15.1 Å².